The monoisotopic (exact) mass is 364 g/mol. The molecule has 0 aromatic carbocycles. The molecule has 9 heteroatoms. The Labute approximate surface area is 148 Å². The van der Waals surface area contributed by atoms with Gasteiger partial charge in [0, 0.05) is 12.3 Å². The van der Waals surface area contributed by atoms with E-state index in [2.05, 4.69) is 10.3 Å². The number of fused-ring (bicyclic) bond motifs is 1. The van der Waals surface area contributed by atoms with Crippen molar-refractivity contribution in [1.82, 2.24) is 14.7 Å². The Morgan fingerprint density at radius 1 is 1.44 bits per heavy atom. The highest BCUT2D eigenvalue weighted by molar-refractivity contribution is 7.98. The summed E-state index contributed by atoms with van der Waals surface area (Å²) in [4.78, 5) is 39.6. The molecular formula is C16H20N4O4S. The number of carbonyl (C=O) groups excluding carboxylic acids is 2. The van der Waals surface area contributed by atoms with Crippen molar-refractivity contribution in [3.8, 4) is 0 Å². The molecule has 3 N–H and O–H groups in total. The molecular weight excluding hydrogens is 344 g/mol. The van der Waals surface area contributed by atoms with E-state index in [1.165, 1.54) is 22.2 Å². The summed E-state index contributed by atoms with van der Waals surface area (Å²) in [5, 5.41) is 2.36. The first-order valence-electron chi connectivity index (χ1n) is 7.61. The fourth-order valence-electron chi connectivity index (χ4n) is 2.23. The van der Waals surface area contributed by atoms with Gasteiger partial charge in [0.1, 0.15) is 18.3 Å². The second kappa shape index (κ2) is 8.52. The number of thioether (sulfide) groups is 1. The first-order valence-corrected chi connectivity index (χ1v) is 9.00. The number of aromatic nitrogens is 2. The minimum atomic E-state index is -0.825. The van der Waals surface area contributed by atoms with Crippen LogP contribution in [0.4, 0.5) is 4.79 Å². The zero-order chi connectivity index (χ0) is 18.4. The van der Waals surface area contributed by atoms with Crippen molar-refractivity contribution >= 4 is 29.4 Å². The van der Waals surface area contributed by atoms with Crippen LogP contribution < -0.4 is 16.6 Å². The van der Waals surface area contributed by atoms with E-state index in [4.69, 9.17) is 10.5 Å². The molecule has 0 unspecified atom stereocenters. The van der Waals surface area contributed by atoms with Gasteiger partial charge in [-0.15, -0.1) is 0 Å². The average molecular weight is 364 g/mol. The normalized spacial score (nSPS) is 11.9. The van der Waals surface area contributed by atoms with Gasteiger partial charge < -0.3 is 15.8 Å². The number of aryl methyl sites for hydroxylation is 1. The van der Waals surface area contributed by atoms with Crippen molar-refractivity contribution in [3.63, 3.8) is 0 Å². The van der Waals surface area contributed by atoms with Gasteiger partial charge in [0.2, 0.25) is 0 Å². The number of hydrogen-bond acceptors (Lipinski definition) is 6. The van der Waals surface area contributed by atoms with E-state index >= 15 is 0 Å². The summed E-state index contributed by atoms with van der Waals surface area (Å²) in [5.41, 5.74) is 6.57. The Morgan fingerprint density at radius 2 is 2.20 bits per heavy atom. The van der Waals surface area contributed by atoms with Crippen LogP contribution in [0.3, 0.4) is 0 Å². The summed E-state index contributed by atoms with van der Waals surface area (Å²) in [6, 6.07) is 3.26. The molecule has 0 saturated heterocycles. The predicted molar refractivity (Wildman–Crippen MR) is 95.5 cm³/mol. The van der Waals surface area contributed by atoms with Crippen LogP contribution in [0.2, 0.25) is 0 Å². The van der Waals surface area contributed by atoms with Gasteiger partial charge in [-0.3, -0.25) is 9.20 Å². The summed E-state index contributed by atoms with van der Waals surface area (Å²) in [6.07, 6.45) is 3.98. The fourth-order valence-corrected chi connectivity index (χ4v) is 2.71. The number of ether oxygens (including phenoxy) is 1. The molecule has 0 aliphatic carbocycles. The number of esters is 1. The van der Waals surface area contributed by atoms with Crippen LogP contribution >= 0.6 is 11.8 Å². The second-order valence-electron chi connectivity index (χ2n) is 5.47. The smallest absolute Gasteiger partial charge is 0.329 e. The SMILES string of the molecule is CSCC[C@@H](NC(N)=O)C(=O)OCc1cc(=O)n2cc(C)ccc2n1. The third kappa shape index (κ3) is 5.21. The number of amides is 2. The predicted octanol–water partition coefficient (Wildman–Crippen LogP) is 0.836. The minimum absolute atomic E-state index is 0.158. The van der Waals surface area contributed by atoms with E-state index in [1.54, 1.807) is 12.3 Å². The molecule has 2 aromatic rings. The maximum Gasteiger partial charge on any atom is 0.329 e. The van der Waals surface area contributed by atoms with E-state index in [9.17, 15) is 14.4 Å². The Hall–Kier alpha value is -2.55. The van der Waals surface area contributed by atoms with Gasteiger partial charge in [-0.25, -0.2) is 14.6 Å². The second-order valence-corrected chi connectivity index (χ2v) is 6.46. The van der Waals surface area contributed by atoms with Gasteiger partial charge in [-0.1, -0.05) is 6.07 Å². The van der Waals surface area contributed by atoms with Crippen molar-refractivity contribution in [3.05, 3.63) is 46.0 Å². The van der Waals surface area contributed by atoms with Crippen molar-refractivity contribution in [2.24, 2.45) is 5.73 Å². The lowest BCUT2D eigenvalue weighted by atomic mass is 10.2. The first-order chi connectivity index (χ1) is 11.9. The molecule has 134 valence electrons. The lowest BCUT2D eigenvalue weighted by molar-refractivity contribution is -0.147. The van der Waals surface area contributed by atoms with Crippen molar-refractivity contribution in [2.45, 2.75) is 26.0 Å². The largest absolute Gasteiger partial charge is 0.458 e. The Kier molecular flexibility index (Phi) is 6.40. The third-order valence-electron chi connectivity index (χ3n) is 3.43. The van der Waals surface area contributed by atoms with Gasteiger partial charge >= 0.3 is 12.0 Å². The van der Waals surface area contributed by atoms with Gasteiger partial charge in [0.15, 0.2) is 0 Å². The van der Waals surface area contributed by atoms with Crippen LogP contribution in [0.1, 0.15) is 17.7 Å². The molecule has 0 fully saturated rings. The summed E-state index contributed by atoms with van der Waals surface area (Å²) in [6.45, 7) is 1.72. The van der Waals surface area contributed by atoms with Crippen LogP contribution in [0, 0.1) is 6.92 Å². The molecule has 0 bridgehead atoms. The number of urea groups is 1. The Morgan fingerprint density at radius 3 is 2.88 bits per heavy atom. The van der Waals surface area contributed by atoms with Crippen LogP contribution in [0.5, 0.6) is 0 Å². The van der Waals surface area contributed by atoms with E-state index in [0.29, 0.717) is 23.5 Å². The molecule has 25 heavy (non-hydrogen) atoms. The number of nitrogens with one attached hydrogen (secondary N) is 1. The molecule has 2 aromatic heterocycles. The highest BCUT2D eigenvalue weighted by atomic mass is 32.2. The van der Waals surface area contributed by atoms with Crippen molar-refractivity contribution < 1.29 is 14.3 Å². The zero-order valence-corrected chi connectivity index (χ0v) is 14.8. The highest BCUT2D eigenvalue weighted by Gasteiger charge is 2.21. The van der Waals surface area contributed by atoms with Gasteiger partial charge in [0.05, 0.1) is 5.69 Å². The molecule has 0 aliphatic rings. The maximum absolute atomic E-state index is 12.1. The Balaban J connectivity index is 2.09. The maximum atomic E-state index is 12.1. The van der Waals surface area contributed by atoms with Crippen LogP contribution in [-0.2, 0) is 16.1 Å². The molecule has 2 heterocycles. The van der Waals surface area contributed by atoms with Crippen LogP contribution in [-0.4, -0.2) is 39.4 Å². The number of rotatable bonds is 7. The lowest BCUT2D eigenvalue weighted by Gasteiger charge is -2.16. The van der Waals surface area contributed by atoms with E-state index in [0.717, 1.165) is 5.56 Å². The minimum Gasteiger partial charge on any atom is -0.458 e. The summed E-state index contributed by atoms with van der Waals surface area (Å²) >= 11 is 1.54. The van der Waals surface area contributed by atoms with Gasteiger partial charge in [-0.05, 0) is 37.0 Å². The summed E-state index contributed by atoms with van der Waals surface area (Å²) < 4.78 is 6.61. The molecule has 0 spiro atoms. The quantitative estimate of drug-likeness (QED) is 0.703. The number of carbonyl (C=O) groups is 2. The molecule has 0 radical (unpaired) electrons. The molecule has 0 aliphatic heterocycles. The van der Waals surface area contributed by atoms with E-state index < -0.39 is 18.0 Å². The highest BCUT2D eigenvalue weighted by Crippen LogP contribution is 2.06. The summed E-state index contributed by atoms with van der Waals surface area (Å²) in [7, 11) is 0. The lowest BCUT2D eigenvalue weighted by Crippen LogP contribution is -2.44. The standard InChI is InChI=1S/C16H20N4O4S/c1-10-3-4-13-18-11(7-14(21)20(13)8-10)9-24-15(22)12(5-6-25-2)19-16(17)23/h3-4,7-8,12H,5-6,9H2,1-2H3,(H3,17,19,23)/t12-/m1/s1. The number of nitrogens with two attached hydrogens (primary N) is 1. The van der Waals surface area contributed by atoms with Crippen molar-refractivity contribution in [2.75, 3.05) is 12.0 Å². The fraction of sp³-hybridized carbons (Fsp3) is 0.375. The Bertz CT molecular complexity index is 836. The summed E-state index contributed by atoms with van der Waals surface area (Å²) in [5.74, 6) is 0.0494. The molecule has 8 nitrogen and oxygen atoms in total. The first kappa shape index (κ1) is 18.8. The van der Waals surface area contributed by atoms with Gasteiger partial charge in [-0.2, -0.15) is 11.8 Å². The van der Waals surface area contributed by atoms with E-state index in [1.807, 2.05) is 19.2 Å². The number of hydrogen-bond donors (Lipinski definition) is 2. The molecule has 2 amide bonds. The van der Waals surface area contributed by atoms with E-state index in [-0.39, 0.29) is 12.2 Å². The number of nitrogens with zero attached hydrogens (tertiary/aromatic N) is 2. The number of pyridine rings is 1. The van der Waals surface area contributed by atoms with Crippen LogP contribution in [0.15, 0.2) is 29.2 Å². The van der Waals surface area contributed by atoms with Gasteiger partial charge in [0.25, 0.3) is 5.56 Å². The molecule has 1 atom stereocenters. The molecule has 0 saturated carbocycles. The molecule has 2 rings (SSSR count). The zero-order valence-electron chi connectivity index (χ0n) is 14.0. The topological polar surface area (TPSA) is 116 Å². The van der Waals surface area contributed by atoms with Crippen LogP contribution in [0.25, 0.3) is 5.65 Å². The number of primary amides is 1. The van der Waals surface area contributed by atoms with Crippen molar-refractivity contribution in [1.29, 1.82) is 0 Å². The average Bonchev–Trinajstić information content (AvgIpc) is 2.56. The third-order valence-corrected chi connectivity index (χ3v) is 4.08.